The lowest BCUT2D eigenvalue weighted by molar-refractivity contribution is -0.134. The monoisotopic (exact) mass is 149 g/mol. The van der Waals surface area contributed by atoms with Gasteiger partial charge < -0.3 is 0 Å². The Hall–Kier alpha value is -0.220. The van der Waals surface area contributed by atoms with Gasteiger partial charge in [0.05, 0.1) is 7.11 Å². The molecule has 0 aromatic carbocycles. The molecule has 9 heavy (non-hydrogen) atoms. The quantitative estimate of drug-likeness (QED) is 0.445. The molecule has 0 spiro atoms. The van der Waals surface area contributed by atoms with E-state index < -0.39 is 0 Å². The molecule has 0 fully saturated rings. The van der Waals surface area contributed by atoms with Gasteiger partial charge in [0.2, 0.25) is 5.91 Å². The summed E-state index contributed by atoms with van der Waals surface area (Å²) in [6.07, 6.45) is 0. The van der Waals surface area contributed by atoms with E-state index in [0.29, 0.717) is 5.75 Å². The third-order valence-electron chi connectivity index (χ3n) is 0.924. The Labute approximate surface area is 60.1 Å². The van der Waals surface area contributed by atoms with Gasteiger partial charge in [0.25, 0.3) is 0 Å². The molecule has 54 valence electrons. The van der Waals surface area contributed by atoms with Gasteiger partial charge in [0, 0.05) is 11.7 Å². The second-order valence-corrected chi connectivity index (χ2v) is 2.12. The third-order valence-corrected chi connectivity index (χ3v) is 1.47. The van der Waals surface area contributed by atoms with E-state index in [1.165, 1.54) is 7.11 Å². The molecule has 0 aromatic heterocycles. The number of carbonyl (C=O) groups excluding carboxylic acids is 1. The van der Waals surface area contributed by atoms with Crippen LogP contribution < -0.4 is 5.48 Å². The topological polar surface area (TPSA) is 38.3 Å². The number of amides is 1. The van der Waals surface area contributed by atoms with Crippen LogP contribution in [0.3, 0.4) is 0 Å². The van der Waals surface area contributed by atoms with Crippen molar-refractivity contribution in [3.8, 4) is 0 Å². The highest BCUT2D eigenvalue weighted by Gasteiger charge is 2.08. The SMILES string of the molecule is CONC(=O)[C@H](C)CS. The van der Waals surface area contributed by atoms with Gasteiger partial charge in [-0.15, -0.1) is 0 Å². The van der Waals surface area contributed by atoms with Gasteiger partial charge in [0.15, 0.2) is 0 Å². The molecule has 0 saturated carbocycles. The molecule has 0 heterocycles. The Morgan fingerprint density at radius 3 is 2.78 bits per heavy atom. The van der Waals surface area contributed by atoms with Crippen molar-refractivity contribution in [2.45, 2.75) is 6.92 Å². The maximum absolute atomic E-state index is 10.7. The zero-order valence-electron chi connectivity index (χ0n) is 5.55. The fourth-order valence-corrected chi connectivity index (χ4v) is 0.450. The molecular formula is C5H11NO2S. The Balaban J connectivity index is 3.46. The average Bonchev–Trinajstić information content (AvgIpc) is 1.87. The summed E-state index contributed by atoms with van der Waals surface area (Å²) in [6.45, 7) is 1.78. The van der Waals surface area contributed by atoms with Crippen LogP contribution in [0.2, 0.25) is 0 Å². The van der Waals surface area contributed by atoms with Crippen molar-refractivity contribution < 1.29 is 9.63 Å². The molecule has 0 aliphatic rings. The first kappa shape index (κ1) is 8.78. The van der Waals surface area contributed by atoms with Crippen molar-refractivity contribution in [2.24, 2.45) is 5.92 Å². The zero-order valence-corrected chi connectivity index (χ0v) is 6.44. The summed E-state index contributed by atoms with van der Waals surface area (Å²) in [5.74, 6) is 0.315. The van der Waals surface area contributed by atoms with E-state index in [0.717, 1.165) is 0 Å². The Morgan fingerprint density at radius 2 is 2.44 bits per heavy atom. The number of hydrogen-bond donors (Lipinski definition) is 2. The molecule has 0 aliphatic heterocycles. The Kier molecular flexibility index (Phi) is 4.53. The van der Waals surface area contributed by atoms with E-state index in [1.807, 2.05) is 0 Å². The predicted octanol–water partition coefficient (Wildman–Crippen LogP) is 0.230. The van der Waals surface area contributed by atoms with Crippen molar-refractivity contribution >= 4 is 18.5 Å². The molecule has 1 N–H and O–H groups in total. The summed E-state index contributed by atoms with van der Waals surface area (Å²) < 4.78 is 0. The first-order chi connectivity index (χ1) is 4.22. The Bertz CT molecular complexity index is 97.0. The van der Waals surface area contributed by atoms with Crippen LogP contribution >= 0.6 is 12.6 Å². The van der Waals surface area contributed by atoms with Crippen molar-refractivity contribution in [1.29, 1.82) is 0 Å². The second kappa shape index (κ2) is 4.64. The van der Waals surface area contributed by atoms with Crippen LogP contribution in [-0.2, 0) is 9.63 Å². The average molecular weight is 149 g/mol. The molecule has 4 heteroatoms. The molecule has 0 aliphatic carbocycles. The molecule has 0 rings (SSSR count). The number of nitrogens with one attached hydrogen (secondary N) is 1. The normalized spacial score (nSPS) is 12.8. The van der Waals surface area contributed by atoms with E-state index in [2.05, 4.69) is 22.9 Å². The molecule has 3 nitrogen and oxygen atoms in total. The highest BCUT2D eigenvalue weighted by atomic mass is 32.1. The fraction of sp³-hybridized carbons (Fsp3) is 0.800. The molecule has 0 unspecified atom stereocenters. The summed E-state index contributed by atoms with van der Waals surface area (Å²) in [6, 6.07) is 0. The number of carbonyl (C=O) groups is 1. The minimum Gasteiger partial charge on any atom is -0.277 e. The molecule has 0 saturated heterocycles. The van der Waals surface area contributed by atoms with Crippen LogP contribution in [0.15, 0.2) is 0 Å². The minimum atomic E-state index is -0.132. The number of thiol groups is 1. The summed E-state index contributed by atoms with van der Waals surface area (Å²) in [4.78, 5) is 15.1. The van der Waals surface area contributed by atoms with Crippen LogP contribution in [0, 0.1) is 5.92 Å². The summed E-state index contributed by atoms with van der Waals surface area (Å²) in [5.41, 5.74) is 2.21. The predicted molar refractivity (Wildman–Crippen MR) is 38.2 cm³/mol. The third kappa shape index (κ3) is 3.37. The Morgan fingerprint density at radius 1 is 1.89 bits per heavy atom. The molecule has 1 atom stereocenters. The zero-order chi connectivity index (χ0) is 7.28. The van der Waals surface area contributed by atoms with E-state index in [9.17, 15) is 4.79 Å². The van der Waals surface area contributed by atoms with Gasteiger partial charge >= 0.3 is 0 Å². The minimum absolute atomic E-state index is 0.0896. The smallest absolute Gasteiger partial charge is 0.247 e. The lowest BCUT2D eigenvalue weighted by atomic mass is 10.2. The summed E-state index contributed by atoms with van der Waals surface area (Å²) in [7, 11) is 1.41. The number of rotatable bonds is 3. The van der Waals surface area contributed by atoms with E-state index >= 15 is 0 Å². The van der Waals surface area contributed by atoms with Crippen molar-refractivity contribution in [1.82, 2.24) is 5.48 Å². The van der Waals surface area contributed by atoms with Crippen LogP contribution in [0.4, 0.5) is 0 Å². The highest BCUT2D eigenvalue weighted by Crippen LogP contribution is 1.95. The van der Waals surface area contributed by atoms with E-state index in [-0.39, 0.29) is 11.8 Å². The van der Waals surface area contributed by atoms with Gasteiger partial charge in [-0.05, 0) is 0 Å². The summed E-state index contributed by atoms with van der Waals surface area (Å²) >= 11 is 3.93. The lowest BCUT2D eigenvalue weighted by Crippen LogP contribution is -2.28. The summed E-state index contributed by atoms with van der Waals surface area (Å²) in [5, 5.41) is 0. The number of hydroxylamine groups is 1. The maximum atomic E-state index is 10.7. The van der Waals surface area contributed by atoms with E-state index in [4.69, 9.17) is 0 Å². The van der Waals surface area contributed by atoms with E-state index in [1.54, 1.807) is 6.92 Å². The molecular weight excluding hydrogens is 138 g/mol. The van der Waals surface area contributed by atoms with Crippen molar-refractivity contribution in [2.75, 3.05) is 12.9 Å². The second-order valence-electron chi connectivity index (χ2n) is 1.75. The molecule has 0 bridgehead atoms. The van der Waals surface area contributed by atoms with Crippen LogP contribution in [0.5, 0.6) is 0 Å². The lowest BCUT2D eigenvalue weighted by Gasteiger charge is -2.05. The maximum Gasteiger partial charge on any atom is 0.247 e. The molecule has 1 amide bonds. The highest BCUT2D eigenvalue weighted by molar-refractivity contribution is 7.80. The standard InChI is InChI=1S/C5H11NO2S/c1-4(3-9)5(7)6-8-2/h4,9H,3H2,1-2H3,(H,6,7)/t4-/m1/s1. The van der Waals surface area contributed by atoms with Crippen LogP contribution in [-0.4, -0.2) is 18.8 Å². The van der Waals surface area contributed by atoms with Gasteiger partial charge in [0.1, 0.15) is 0 Å². The number of hydrogen-bond acceptors (Lipinski definition) is 3. The first-order valence-electron chi connectivity index (χ1n) is 2.66. The van der Waals surface area contributed by atoms with Crippen molar-refractivity contribution in [3.05, 3.63) is 0 Å². The van der Waals surface area contributed by atoms with Crippen molar-refractivity contribution in [3.63, 3.8) is 0 Å². The van der Waals surface area contributed by atoms with Crippen LogP contribution in [0.25, 0.3) is 0 Å². The fourth-order valence-electron chi connectivity index (χ4n) is 0.284. The van der Waals surface area contributed by atoms with Gasteiger partial charge in [-0.1, -0.05) is 6.92 Å². The van der Waals surface area contributed by atoms with Gasteiger partial charge in [-0.3, -0.25) is 9.63 Å². The van der Waals surface area contributed by atoms with Gasteiger partial charge in [-0.2, -0.15) is 12.6 Å². The molecule has 0 radical (unpaired) electrons. The first-order valence-corrected chi connectivity index (χ1v) is 3.29. The molecule has 0 aromatic rings. The van der Waals surface area contributed by atoms with Gasteiger partial charge in [-0.25, -0.2) is 5.48 Å². The largest absolute Gasteiger partial charge is 0.277 e. The van der Waals surface area contributed by atoms with Crippen LogP contribution in [0.1, 0.15) is 6.92 Å².